The van der Waals surface area contributed by atoms with Crippen molar-refractivity contribution < 1.29 is 0 Å². The normalized spacial score (nSPS) is 10.9. The maximum absolute atomic E-state index is 4.48. The Labute approximate surface area is 119 Å². The smallest absolute Gasteiger partial charge is 0.154 e. The fourth-order valence-corrected chi connectivity index (χ4v) is 2.24. The van der Waals surface area contributed by atoms with E-state index in [-0.39, 0.29) is 0 Å². The molecule has 0 spiro atoms. The van der Waals surface area contributed by atoms with Crippen LogP contribution in [0.4, 0.5) is 11.5 Å². The van der Waals surface area contributed by atoms with Crippen LogP contribution in [0.3, 0.4) is 0 Å². The predicted molar refractivity (Wildman–Crippen MR) is 79.9 cm³/mol. The Morgan fingerprint density at radius 1 is 1.11 bits per heavy atom. The van der Waals surface area contributed by atoms with Crippen LogP contribution in [0.15, 0.2) is 41.1 Å². The van der Waals surface area contributed by atoms with Crippen molar-refractivity contribution in [3.8, 4) is 0 Å². The van der Waals surface area contributed by atoms with E-state index in [1.165, 1.54) is 11.1 Å². The molecule has 3 aromatic rings. The molecule has 4 nitrogen and oxygen atoms in total. The monoisotopic (exact) mass is 316 g/mol. The third-order valence-electron chi connectivity index (χ3n) is 3.10. The first-order valence-electron chi connectivity index (χ1n) is 5.98. The molecule has 0 amide bonds. The van der Waals surface area contributed by atoms with Gasteiger partial charge in [-0.3, -0.25) is 0 Å². The van der Waals surface area contributed by atoms with Gasteiger partial charge in [-0.1, -0.05) is 6.07 Å². The lowest BCUT2D eigenvalue weighted by molar-refractivity contribution is 0.922. The van der Waals surface area contributed by atoms with Gasteiger partial charge in [-0.2, -0.15) is 0 Å². The van der Waals surface area contributed by atoms with Gasteiger partial charge in [-0.25, -0.2) is 9.50 Å². The fraction of sp³-hybridized carbons (Fsp3) is 0.143. The van der Waals surface area contributed by atoms with Gasteiger partial charge >= 0.3 is 0 Å². The molecule has 3 rings (SSSR count). The number of imidazole rings is 1. The first-order chi connectivity index (χ1) is 9.13. The van der Waals surface area contributed by atoms with Crippen molar-refractivity contribution in [2.45, 2.75) is 13.8 Å². The maximum atomic E-state index is 4.48. The molecule has 0 aliphatic carbocycles. The number of benzene rings is 1. The molecule has 1 aromatic carbocycles. The van der Waals surface area contributed by atoms with Gasteiger partial charge in [0, 0.05) is 5.69 Å². The average molecular weight is 317 g/mol. The van der Waals surface area contributed by atoms with Crippen molar-refractivity contribution >= 4 is 33.1 Å². The van der Waals surface area contributed by atoms with Crippen molar-refractivity contribution in [3.05, 3.63) is 52.3 Å². The standard InChI is InChI=1S/C14H13BrN4/c1-9-3-4-11(7-10(9)2)17-13-5-6-14-16-8-12(15)19(14)18-13/h3-8H,1-2H3,(H,17,18). The second-order valence-electron chi connectivity index (χ2n) is 4.49. The van der Waals surface area contributed by atoms with Crippen LogP contribution in [0.1, 0.15) is 11.1 Å². The van der Waals surface area contributed by atoms with Crippen molar-refractivity contribution in [1.29, 1.82) is 0 Å². The van der Waals surface area contributed by atoms with Crippen molar-refractivity contribution in [2.75, 3.05) is 5.32 Å². The zero-order chi connectivity index (χ0) is 13.4. The van der Waals surface area contributed by atoms with E-state index in [9.17, 15) is 0 Å². The van der Waals surface area contributed by atoms with Gasteiger partial charge in [0.05, 0.1) is 6.20 Å². The summed E-state index contributed by atoms with van der Waals surface area (Å²) < 4.78 is 2.59. The molecule has 0 aliphatic rings. The van der Waals surface area contributed by atoms with E-state index < -0.39 is 0 Å². The highest BCUT2D eigenvalue weighted by atomic mass is 79.9. The number of halogens is 1. The Balaban J connectivity index is 1.95. The summed E-state index contributed by atoms with van der Waals surface area (Å²) in [7, 11) is 0. The number of nitrogens with one attached hydrogen (secondary N) is 1. The predicted octanol–water partition coefficient (Wildman–Crippen LogP) is 3.85. The molecule has 5 heteroatoms. The van der Waals surface area contributed by atoms with Crippen molar-refractivity contribution in [2.24, 2.45) is 0 Å². The molecule has 0 atom stereocenters. The van der Waals surface area contributed by atoms with E-state index in [1.807, 2.05) is 12.1 Å². The van der Waals surface area contributed by atoms with E-state index in [0.717, 1.165) is 21.8 Å². The van der Waals surface area contributed by atoms with Crippen LogP contribution in [0, 0.1) is 13.8 Å². The summed E-state index contributed by atoms with van der Waals surface area (Å²) >= 11 is 3.42. The Morgan fingerprint density at radius 3 is 2.74 bits per heavy atom. The molecule has 0 aliphatic heterocycles. The summed E-state index contributed by atoms with van der Waals surface area (Å²) in [5.74, 6) is 0.787. The number of aromatic nitrogens is 3. The third-order valence-corrected chi connectivity index (χ3v) is 3.64. The van der Waals surface area contributed by atoms with Crippen LogP contribution < -0.4 is 5.32 Å². The topological polar surface area (TPSA) is 42.2 Å². The molecule has 2 heterocycles. The molecular formula is C14H13BrN4. The van der Waals surface area contributed by atoms with E-state index in [4.69, 9.17) is 0 Å². The number of anilines is 2. The number of hydrogen-bond donors (Lipinski definition) is 1. The molecule has 0 fully saturated rings. The molecule has 0 unspecified atom stereocenters. The Hall–Kier alpha value is -1.88. The summed E-state index contributed by atoms with van der Waals surface area (Å²) in [6.07, 6.45) is 1.74. The number of rotatable bonds is 2. The quantitative estimate of drug-likeness (QED) is 0.780. The molecular weight excluding hydrogens is 304 g/mol. The zero-order valence-electron chi connectivity index (χ0n) is 10.7. The van der Waals surface area contributed by atoms with Crippen LogP contribution >= 0.6 is 15.9 Å². The molecule has 0 saturated heterocycles. The largest absolute Gasteiger partial charge is 0.339 e. The molecule has 96 valence electrons. The molecule has 0 radical (unpaired) electrons. The van der Waals surface area contributed by atoms with Gasteiger partial charge in [0.1, 0.15) is 4.60 Å². The number of fused-ring (bicyclic) bond motifs is 1. The van der Waals surface area contributed by atoms with Crippen molar-refractivity contribution in [1.82, 2.24) is 14.6 Å². The lowest BCUT2D eigenvalue weighted by atomic mass is 10.1. The van der Waals surface area contributed by atoms with Gasteiger partial charge in [0.15, 0.2) is 11.5 Å². The summed E-state index contributed by atoms with van der Waals surface area (Å²) in [6, 6.07) is 10.1. The molecule has 2 aromatic heterocycles. The third kappa shape index (κ3) is 2.33. The summed E-state index contributed by atoms with van der Waals surface area (Å²) in [6.45, 7) is 4.20. The number of aryl methyl sites for hydroxylation is 2. The van der Waals surface area contributed by atoms with E-state index >= 15 is 0 Å². The average Bonchev–Trinajstić information content (AvgIpc) is 2.76. The lowest BCUT2D eigenvalue weighted by Gasteiger charge is -2.08. The summed E-state index contributed by atoms with van der Waals surface area (Å²) in [5.41, 5.74) is 4.39. The molecule has 0 saturated carbocycles. The van der Waals surface area contributed by atoms with Gasteiger partial charge in [0.25, 0.3) is 0 Å². The molecule has 0 bridgehead atoms. The SMILES string of the molecule is Cc1ccc(Nc2ccc3ncc(Br)n3n2)cc1C. The Bertz CT molecular complexity index is 748. The van der Waals surface area contributed by atoms with Crippen LogP contribution in [-0.2, 0) is 0 Å². The van der Waals surface area contributed by atoms with E-state index in [2.05, 4.69) is 63.4 Å². The van der Waals surface area contributed by atoms with Crippen LogP contribution in [0.2, 0.25) is 0 Å². The summed E-state index contributed by atoms with van der Waals surface area (Å²) in [5, 5.41) is 7.78. The highest BCUT2D eigenvalue weighted by molar-refractivity contribution is 9.10. The van der Waals surface area contributed by atoms with Crippen LogP contribution in [0.25, 0.3) is 5.65 Å². The number of hydrogen-bond acceptors (Lipinski definition) is 3. The van der Waals surface area contributed by atoms with Crippen LogP contribution in [-0.4, -0.2) is 14.6 Å². The highest BCUT2D eigenvalue weighted by Gasteiger charge is 2.03. The second-order valence-corrected chi connectivity index (χ2v) is 5.31. The van der Waals surface area contributed by atoms with E-state index in [1.54, 1.807) is 10.7 Å². The van der Waals surface area contributed by atoms with Gasteiger partial charge in [0.2, 0.25) is 0 Å². The van der Waals surface area contributed by atoms with E-state index in [0.29, 0.717) is 0 Å². The van der Waals surface area contributed by atoms with Gasteiger partial charge in [-0.15, -0.1) is 5.10 Å². The van der Waals surface area contributed by atoms with Crippen LogP contribution in [0.5, 0.6) is 0 Å². The maximum Gasteiger partial charge on any atom is 0.154 e. The first kappa shape index (κ1) is 12.2. The minimum absolute atomic E-state index is 0.787. The minimum Gasteiger partial charge on any atom is -0.339 e. The second kappa shape index (κ2) is 4.66. The van der Waals surface area contributed by atoms with Crippen molar-refractivity contribution in [3.63, 3.8) is 0 Å². The highest BCUT2D eigenvalue weighted by Crippen LogP contribution is 2.19. The first-order valence-corrected chi connectivity index (χ1v) is 6.77. The lowest BCUT2D eigenvalue weighted by Crippen LogP contribution is -1.99. The molecule has 19 heavy (non-hydrogen) atoms. The molecule has 1 N–H and O–H groups in total. The Kier molecular flexibility index (Phi) is 2.98. The fourth-order valence-electron chi connectivity index (χ4n) is 1.88. The minimum atomic E-state index is 0.787. The van der Waals surface area contributed by atoms with Gasteiger partial charge in [-0.05, 0) is 65.2 Å². The summed E-state index contributed by atoms with van der Waals surface area (Å²) in [4.78, 5) is 4.22. The van der Waals surface area contributed by atoms with Gasteiger partial charge < -0.3 is 5.32 Å². The Morgan fingerprint density at radius 2 is 1.95 bits per heavy atom. The zero-order valence-corrected chi connectivity index (χ0v) is 12.3. The number of nitrogens with zero attached hydrogens (tertiary/aromatic N) is 3.